The Balaban J connectivity index is 1.29. The Kier molecular flexibility index (Phi) is 7.65. The highest BCUT2D eigenvalue weighted by atomic mass is 16.7. The molecular formula is C37H52O9. The maximum Gasteiger partial charge on any atom is 0.339 e. The molecule has 0 bridgehead atoms. The van der Waals surface area contributed by atoms with Gasteiger partial charge in [-0.25, -0.2) is 4.79 Å². The van der Waals surface area contributed by atoms with E-state index in [0.717, 1.165) is 37.0 Å². The number of furan rings is 1. The number of fused-ring (bicyclic) bond motifs is 1. The van der Waals surface area contributed by atoms with Crippen LogP contribution in [0.15, 0.2) is 16.7 Å². The van der Waals surface area contributed by atoms with Crippen molar-refractivity contribution in [3.05, 3.63) is 23.7 Å². The second-order valence-corrected chi connectivity index (χ2v) is 16.4. The van der Waals surface area contributed by atoms with Crippen LogP contribution >= 0.6 is 0 Å². The molecule has 1 aromatic rings. The molecule has 0 radical (unpaired) electrons. The molecule has 9 heteroatoms. The lowest BCUT2D eigenvalue weighted by molar-refractivity contribution is -0.252. The van der Waals surface area contributed by atoms with Crippen LogP contribution in [0.4, 0.5) is 0 Å². The van der Waals surface area contributed by atoms with E-state index in [1.165, 1.54) is 19.3 Å². The van der Waals surface area contributed by atoms with Crippen molar-refractivity contribution in [2.45, 2.75) is 148 Å². The zero-order chi connectivity index (χ0) is 32.9. The first-order valence-corrected chi connectivity index (χ1v) is 17.8. The summed E-state index contributed by atoms with van der Waals surface area (Å²) in [6, 6.07) is 1.91. The molecule has 11 atom stereocenters. The van der Waals surface area contributed by atoms with Crippen LogP contribution in [0.25, 0.3) is 0 Å². The Labute approximate surface area is 272 Å². The first-order chi connectivity index (χ1) is 21.8. The average Bonchev–Trinajstić information content (AvgIpc) is 3.55. The van der Waals surface area contributed by atoms with Crippen molar-refractivity contribution in [3.63, 3.8) is 0 Å². The minimum absolute atomic E-state index is 0.0619. The van der Waals surface area contributed by atoms with Gasteiger partial charge in [-0.2, -0.15) is 0 Å². The number of aliphatic hydroxyl groups is 1. The summed E-state index contributed by atoms with van der Waals surface area (Å²) in [4.78, 5) is 41.3. The van der Waals surface area contributed by atoms with E-state index in [-0.39, 0.29) is 30.7 Å². The molecule has 6 aliphatic rings. The van der Waals surface area contributed by atoms with Crippen molar-refractivity contribution in [2.75, 3.05) is 6.61 Å². The van der Waals surface area contributed by atoms with Gasteiger partial charge in [0, 0.05) is 28.2 Å². The molecule has 1 N–H and O–H groups in total. The number of carbonyl (C=O) groups excluding carboxylic acids is 3. The summed E-state index contributed by atoms with van der Waals surface area (Å²) in [7, 11) is 0. The highest BCUT2D eigenvalue weighted by Gasteiger charge is 2.90. The molecule has 0 aromatic carbocycles. The summed E-state index contributed by atoms with van der Waals surface area (Å²) in [5.41, 5.74) is -3.84. The van der Waals surface area contributed by atoms with Crippen molar-refractivity contribution in [3.8, 4) is 0 Å². The molecule has 9 nitrogen and oxygen atoms in total. The van der Waals surface area contributed by atoms with Gasteiger partial charge in [0.15, 0.2) is 11.9 Å². The molecule has 46 heavy (non-hydrogen) atoms. The number of ketones is 1. The summed E-state index contributed by atoms with van der Waals surface area (Å²) in [6.07, 6.45) is 7.46. The highest BCUT2D eigenvalue weighted by Crippen LogP contribution is 2.80. The predicted octanol–water partition coefficient (Wildman–Crippen LogP) is 6.04. The number of hydrogen-bond acceptors (Lipinski definition) is 9. The Morgan fingerprint density at radius 1 is 1.02 bits per heavy atom. The van der Waals surface area contributed by atoms with Crippen LogP contribution in [0.2, 0.25) is 0 Å². The SMILES string of the molecule is CCCCCCCc1occc1[C@@H]1OC(=O)[C@H]2O[C@]23[C@]2(C)[C@H](O)C(=O)[C@H]4[C@@]5(COC(=O)C[C@@H]5O[C@@]4(C)CCC(C)C)[C@H]2CC[C@@]13C. The van der Waals surface area contributed by atoms with E-state index in [1.807, 2.05) is 19.9 Å². The molecule has 2 saturated carbocycles. The zero-order valence-electron chi connectivity index (χ0n) is 28.4. The molecule has 1 aromatic heterocycles. The summed E-state index contributed by atoms with van der Waals surface area (Å²) in [6.45, 7) is 12.6. The van der Waals surface area contributed by atoms with Gasteiger partial charge in [0.05, 0.1) is 30.3 Å². The third-order valence-corrected chi connectivity index (χ3v) is 13.5. The molecule has 7 rings (SSSR count). The van der Waals surface area contributed by atoms with Crippen LogP contribution in [0.3, 0.4) is 0 Å². The largest absolute Gasteiger partial charge is 0.469 e. The first kappa shape index (κ1) is 32.3. The number of cyclic esters (lactones) is 2. The van der Waals surface area contributed by atoms with E-state index in [1.54, 1.807) is 6.26 Å². The van der Waals surface area contributed by atoms with E-state index >= 15 is 0 Å². The van der Waals surface area contributed by atoms with Crippen molar-refractivity contribution >= 4 is 17.7 Å². The Morgan fingerprint density at radius 3 is 2.52 bits per heavy atom. The Hall–Kier alpha value is -2.23. The minimum Gasteiger partial charge on any atom is -0.469 e. The molecule has 2 aliphatic carbocycles. The van der Waals surface area contributed by atoms with Gasteiger partial charge in [-0.15, -0.1) is 0 Å². The van der Waals surface area contributed by atoms with Crippen molar-refractivity contribution < 1.29 is 42.9 Å². The summed E-state index contributed by atoms with van der Waals surface area (Å²) < 4.78 is 31.5. The lowest BCUT2D eigenvalue weighted by atomic mass is 9.36. The smallest absolute Gasteiger partial charge is 0.339 e. The van der Waals surface area contributed by atoms with Gasteiger partial charge >= 0.3 is 11.9 Å². The number of aliphatic hydroxyl groups excluding tert-OH is 1. The fourth-order valence-corrected chi connectivity index (χ4v) is 11.4. The van der Waals surface area contributed by atoms with E-state index in [2.05, 4.69) is 27.7 Å². The normalized spacial score (nSPS) is 45.7. The molecule has 5 heterocycles. The Bertz CT molecular complexity index is 1400. The third-order valence-electron chi connectivity index (χ3n) is 13.5. The fourth-order valence-electron chi connectivity index (χ4n) is 11.4. The van der Waals surface area contributed by atoms with Gasteiger partial charge in [0.2, 0.25) is 0 Å². The third kappa shape index (κ3) is 4.06. The number of epoxide rings is 1. The predicted molar refractivity (Wildman–Crippen MR) is 166 cm³/mol. The lowest BCUT2D eigenvalue weighted by Gasteiger charge is -2.66. The fraction of sp³-hybridized carbons (Fsp3) is 0.811. The maximum atomic E-state index is 14.8. The summed E-state index contributed by atoms with van der Waals surface area (Å²) >= 11 is 0. The van der Waals surface area contributed by atoms with Crippen molar-refractivity contribution in [2.24, 2.45) is 34.0 Å². The minimum atomic E-state index is -1.38. The number of aryl methyl sites for hydroxylation is 1. The molecule has 4 aliphatic heterocycles. The molecule has 254 valence electrons. The quantitative estimate of drug-likeness (QED) is 0.185. The van der Waals surface area contributed by atoms with Gasteiger partial charge in [-0.3, -0.25) is 9.59 Å². The molecule has 0 amide bonds. The second-order valence-electron chi connectivity index (χ2n) is 16.4. The number of hydrogen-bond donors (Lipinski definition) is 1. The van der Waals surface area contributed by atoms with Gasteiger partial charge in [-0.1, -0.05) is 60.3 Å². The van der Waals surface area contributed by atoms with Gasteiger partial charge in [0.25, 0.3) is 0 Å². The number of esters is 2. The molecular weight excluding hydrogens is 588 g/mol. The standard InChI is InChI=1S/C37H52O9/c1-7-8-9-10-11-12-23-22(15-18-42-23)30-33(4)16-14-24-35(6,37(33)31(46-37)32(41)44-30)29(40)27(39)28-34(5,17-13-21(2)3)45-25-19-26(38)43-20-36(24,25)28/h15,18,21,24-25,28-31,40H,7-14,16-17,19-20H2,1-6H3/t24-,25-,28+,29+,30-,31+,33-,34-,35-,36-,37+/m0/s1. The van der Waals surface area contributed by atoms with Crippen LogP contribution in [-0.4, -0.2) is 58.9 Å². The summed E-state index contributed by atoms with van der Waals surface area (Å²) in [5, 5.41) is 12.4. The number of carbonyl (C=O) groups is 3. The second kappa shape index (κ2) is 10.9. The van der Waals surface area contributed by atoms with E-state index in [4.69, 9.17) is 23.4 Å². The topological polar surface area (TPSA) is 125 Å². The van der Waals surface area contributed by atoms with Crippen LogP contribution < -0.4 is 0 Å². The number of rotatable bonds is 10. The monoisotopic (exact) mass is 640 g/mol. The maximum absolute atomic E-state index is 14.8. The lowest BCUT2D eigenvalue weighted by Crippen LogP contribution is -2.76. The number of unbranched alkanes of at least 4 members (excludes halogenated alkanes) is 4. The summed E-state index contributed by atoms with van der Waals surface area (Å²) in [5.74, 6) is -0.785. The number of ether oxygens (including phenoxy) is 4. The van der Waals surface area contributed by atoms with Gasteiger partial charge in [0.1, 0.15) is 30.2 Å². The highest BCUT2D eigenvalue weighted by molar-refractivity contribution is 5.92. The van der Waals surface area contributed by atoms with Crippen LogP contribution in [0.1, 0.15) is 123 Å². The first-order valence-electron chi connectivity index (χ1n) is 17.8. The molecule has 0 unspecified atom stereocenters. The van der Waals surface area contributed by atoms with Crippen LogP contribution in [0.5, 0.6) is 0 Å². The van der Waals surface area contributed by atoms with Crippen LogP contribution in [0, 0.1) is 34.0 Å². The van der Waals surface area contributed by atoms with Gasteiger partial charge in [-0.05, 0) is 56.9 Å². The van der Waals surface area contributed by atoms with Gasteiger partial charge < -0.3 is 28.5 Å². The number of Topliss-reactive ketones (excluding diaryl/α,β-unsaturated/α-hetero) is 1. The van der Waals surface area contributed by atoms with E-state index in [9.17, 15) is 19.5 Å². The molecule has 6 fully saturated rings. The average molecular weight is 641 g/mol. The Morgan fingerprint density at radius 2 is 1.78 bits per heavy atom. The molecule has 2 spiro atoms. The van der Waals surface area contributed by atoms with Crippen LogP contribution in [-0.2, 0) is 39.8 Å². The van der Waals surface area contributed by atoms with E-state index < -0.39 is 63.8 Å². The van der Waals surface area contributed by atoms with E-state index in [0.29, 0.717) is 25.2 Å². The van der Waals surface area contributed by atoms with Crippen molar-refractivity contribution in [1.29, 1.82) is 0 Å². The zero-order valence-corrected chi connectivity index (χ0v) is 28.4. The van der Waals surface area contributed by atoms with Crippen molar-refractivity contribution in [1.82, 2.24) is 0 Å². The molecule has 4 saturated heterocycles.